The molecule has 0 unspecified atom stereocenters. The molecule has 0 saturated carbocycles. The maximum atomic E-state index is 2.43. The average Bonchev–Trinajstić information content (AvgIpc) is 2.45. The number of nitrogens with zero attached hydrogens (tertiary/aromatic N) is 2. The fraction of sp³-hybridized carbons (Fsp3) is 0.900. The number of hydrogen-bond donors (Lipinski definition) is 0. The van der Waals surface area contributed by atoms with E-state index in [4.69, 9.17) is 0 Å². The summed E-state index contributed by atoms with van der Waals surface area (Å²) in [6.45, 7) is 5.94. The van der Waals surface area contributed by atoms with E-state index < -0.39 is 0 Å². The summed E-state index contributed by atoms with van der Waals surface area (Å²) in [5, 5.41) is 0. The minimum atomic E-state index is 0. The number of unbranched alkanes of at least 4 members (excludes halogenated alkanes) is 3. The Kier molecular flexibility index (Phi) is 7.06. The molecule has 0 aromatic heterocycles. The summed E-state index contributed by atoms with van der Waals surface area (Å²) in [6, 6.07) is 0. The van der Waals surface area contributed by atoms with Crippen LogP contribution >= 0.6 is 0 Å². The quantitative estimate of drug-likeness (QED) is 0.393. The van der Waals surface area contributed by atoms with Crippen LogP contribution in [0.4, 0.5) is 0 Å². The molecule has 0 N–H and O–H groups in total. The van der Waals surface area contributed by atoms with Gasteiger partial charge in [-0.25, -0.2) is 0 Å². The predicted molar refractivity (Wildman–Crippen MR) is 52.8 cm³/mol. The lowest BCUT2D eigenvalue weighted by atomic mass is 10.2. The Morgan fingerprint density at radius 3 is 2.62 bits per heavy atom. The first-order valence-electron chi connectivity index (χ1n) is 5.12. The van der Waals surface area contributed by atoms with Crippen LogP contribution < -0.4 is 12.4 Å². The largest absolute Gasteiger partial charge is 1.00 e. The predicted octanol–water partition coefficient (Wildman–Crippen LogP) is -1.44. The Morgan fingerprint density at radius 2 is 2.08 bits per heavy atom. The lowest BCUT2D eigenvalue weighted by molar-refractivity contribution is -0.482. The molecule has 1 heterocycles. The molecule has 2 nitrogen and oxygen atoms in total. The zero-order chi connectivity index (χ0) is 8.81. The van der Waals surface area contributed by atoms with E-state index in [0.717, 1.165) is 0 Å². The maximum Gasteiger partial charge on any atom is 0.234 e. The van der Waals surface area contributed by atoms with E-state index in [0.29, 0.717) is 0 Å². The molecule has 1 rings (SSSR count). The van der Waals surface area contributed by atoms with Gasteiger partial charge in [-0.2, -0.15) is 0 Å². The Hall–Kier alpha value is -0.240. The average molecular weight is 205 g/mol. The Bertz CT molecular complexity index is 157. The number of likely N-dealkylation sites (N-methyl/N-ethyl adjacent to an activating group) is 1. The standard InChI is InChI=1S/C10H21N2.ClH/c1-3-4-5-6-7-12-9-8-11(2)10-12;/h10H,3-9H2,1-2H3;1H/q+1;/p-1. The molecular formula is C10H21ClN2. The van der Waals surface area contributed by atoms with E-state index in [2.05, 4.69) is 29.8 Å². The summed E-state index contributed by atoms with van der Waals surface area (Å²) in [4.78, 5) is 2.43. The molecule has 0 saturated heterocycles. The monoisotopic (exact) mass is 204 g/mol. The Labute approximate surface area is 88.0 Å². The number of halogens is 1. The van der Waals surface area contributed by atoms with E-state index in [9.17, 15) is 0 Å². The normalized spacial score (nSPS) is 15.5. The van der Waals surface area contributed by atoms with Gasteiger partial charge in [0, 0.05) is 0 Å². The van der Waals surface area contributed by atoms with Crippen LogP contribution in [0.25, 0.3) is 0 Å². The van der Waals surface area contributed by atoms with Crippen LogP contribution in [0.3, 0.4) is 0 Å². The van der Waals surface area contributed by atoms with Crippen molar-refractivity contribution < 1.29 is 17.0 Å². The summed E-state index contributed by atoms with van der Waals surface area (Å²) in [6.07, 6.45) is 7.72. The first kappa shape index (κ1) is 12.8. The lowest BCUT2D eigenvalue weighted by Gasteiger charge is -2.05. The fourth-order valence-corrected chi connectivity index (χ4v) is 1.59. The number of hydrogen-bond acceptors (Lipinski definition) is 1. The van der Waals surface area contributed by atoms with Gasteiger partial charge in [0.25, 0.3) is 0 Å². The van der Waals surface area contributed by atoms with Gasteiger partial charge in [0.05, 0.1) is 13.6 Å². The van der Waals surface area contributed by atoms with Gasteiger partial charge in [0.15, 0.2) is 0 Å². The molecule has 13 heavy (non-hydrogen) atoms. The van der Waals surface area contributed by atoms with Crippen molar-refractivity contribution in [3.8, 4) is 0 Å². The van der Waals surface area contributed by atoms with Crippen molar-refractivity contribution in [1.29, 1.82) is 0 Å². The van der Waals surface area contributed by atoms with Crippen LogP contribution in [0.15, 0.2) is 0 Å². The van der Waals surface area contributed by atoms with Crippen LogP contribution in [0.1, 0.15) is 32.6 Å². The van der Waals surface area contributed by atoms with Gasteiger partial charge in [0.2, 0.25) is 6.34 Å². The first-order valence-corrected chi connectivity index (χ1v) is 5.12. The fourth-order valence-electron chi connectivity index (χ4n) is 1.59. The van der Waals surface area contributed by atoms with E-state index in [1.165, 1.54) is 45.3 Å². The highest BCUT2D eigenvalue weighted by molar-refractivity contribution is 5.50. The van der Waals surface area contributed by atoms with Crippen LogP contribution in [-0.2, 0) is 0 Å². The summed E-state index contributed by atoms with van der Waals surface area (Å²) in [5.74, 6) is 0. The molecular weight excluding hydrogens is 184 g/mol. The second-order valence-corrected chi connectivity index (χ2v) is 3.69. The highest BCUT2D eigenvalue weighted by Crippen LogP contribution is 2.01. The van der Waals surface area contributed by atoms with Crippen LogP contribution in [0, 0.1) is 0 Å². The SMILES string of the molecule is CCCCCCN1C=[N+](C)CC1.[Cl-]. The van der Waals surface area contributed by atoms with Gasteiger partial charge in [0.1, 0.15) is 13.1 Å². The van der Waals surface area contributed by atoms with Crippen LogP contribution in [-0.4, -0.2) is 42.5 Å². The molecule has 0 aliphatic carbocycles. The lowest BCUT2D eigenvalue weighted by Crippen LogP contribution is -3.00. The molecule has 0 aromatic rings. The van der Waals surface area contributed by atoms with Gasteiger partial charge in [-0.05, 0) is 12.8 Å². The van der Waals surface area contributed by atoms with E-state index in [-0.39, 0.29) is 12.4 Å². The molecule has 3 heteroatoms. The minimum absolute atomic E-state index is 0. The molecule has 0 fully saturated rings. The third-order valence-electron chi connectivity index (χ3n) is 2.40. The summed E-state index contributed by atoms with van der Waals surface area (Å²) in [5.41, 5.74) is 0. The van der Waals surface area contributed by atoms with Crippen LogP contribution in [0.5, 0.6) is 0 Å². The summed E-state index contributed by atoms with van der Waals surface area (Å²) >= 11 is 0. The molecule has 0 bridgehead atoms. The van der Waals surface area contributed by atoms with Crippen molar-refractivity contribution in [2.24, 2.45) is 0 Å². The van der Waals surface area contributed by atoms with E-state index >= 15 is 0 Å². The Balaban J connectivity index is 0.00000144. The maximum absolute atomic E-state index is 2.43. The first-order chi connectivity index (χ1) is 5.83. The van der Waals surface area contributed by atoms with Gasteiger partial charge in [-0.3, -0.25) is 9.48 Å². The van der Waals surface area contributed by atoms with E-state index in [1.807, 2.05) is 0 Å². The Morgan fingerprint density at radius 1 is 1.31 bits per heavy atom. The van der Waals surface area contributed by atoms with Gasteiger partial charge < -0.3 is 12.4 Å². The van der Waals surface area contributed by atoms with Crippen molar-refractivity contribution in [2.45, 2.75) is 32.6 Å². The smallest absolute Gasteiger partial charge is 0.234 e. The van der Waals surface area contributed by atoms with Crippen molar-refractivity contribution >= 4 is 6.34 Å². The summed E-state index contributed by atoms with van der Waals surface area (Å²) < 4.78 is 2.26. The van der Waals surface area contributed by atoms with Gasteiger partial charge in [-0.1, -0.05) is 19.8 Å². The third-order valence-corrected chi connectivity index (χ3v) is 2.40. The van der Waals surface area contributed by atoms with Crippen molar-refractivity contribution in [2.75, 3.05) is 26.7 Å². The van der Waals surface area contributed by atoms with E-state index in [1.54, 1.807) is 0 Å². The topological polar surface area (TPSA) is 6.25 Å². The zero-order valence-corrected chi connectivity index (χ0v) is 9.56. The van der Waals surface area contributed by atoms with Crippen molar-refractivity contribution in [3.63, 3.8) is 0 Å². The van der Waals surface area contributed by atoms with Gasteiger partial charge in [-0.15, -0.1) is 0 Å². The third kappa shape index (κ3) is 5.14. The number of rotatable bonds is 5. The van der Waals surface area contributed by atoms with Crippen LogP contribution in [0.2, 0.25) is 0 Å². The highest BCUT2D eigenvalue weighted by atomic mass is 35.5. The molecule has 0 radical (unpaired) electrons. The zero-order valence-electron chi connectivity index (χ0n) is 8.80. The second-order valence-electron chi connectivity index (χ2n) is 3.69. The molecule has 0 aromatic carbocycles. The molecule has 78 valence electrons. The minimum Gasteiger partial charge on any atom is -1.00 e. The second kappa shape index (κ2) is 7.19. The molecule has 1 aliphatic rings. The molecule has 0 atom stereocenters. The molecule has 0 amide bonds. The highest BCUT2D eigenvalue weighted by Gasteiger charge is 2.14. The van der Waals surface area contributed by atoms with Crippen molar-refractivity contribution in [1.82, 2.24) is 4.90 Å². The van der Waals surface area contributed by atoms with Crippen molar-refractivity contribution in [3.05, 3.63) is 0 Å². The van der Waals surface area contributed by atoms with Gasteiger partial charge >= 0.3 is 0 Å². The molecule has 0 spiro atoms. The summed E-state index contributed by atoms with van der Waals surface area (Å²) in [7, 11) is 2.14. The molecule has 1 aliphatic heterocycles.